The van der Waals surface area contributed by atoms with Gasteiger partial charge in [-0.05, 0) is 18.9 Å². The highest BCUT2D eigenvalue weighted by Crippen LogP contribution is 2.18. The van der Waals surface area contributed by atoms with Crippen molar-refractivity contribution >= 4 is 5.97 Å². The molecular weight excluding hydrogens is 220 g/mol. The van der Waals surface area contributed by atoms with Gasteiger partial charge in [0.2, 0.25) is 0 Å². The van der Waals surface area contributed by atoms with Crippen LogP contribution in [-0.4, -0.2) is 17.1 Å². The van der Waals surface area contributed by atoms with E-state index >= 15 is 0 Å². The van der Waals surface area contributed by atoms with Crippen LogP contribution >= 0.6 is 0 Å². The zero-order valence-corrected chi connectivity index (χ0v) is 10.1. The van der Waals surface area contributed by atoms with Gasteiger partial charge in [0.05, 0.1) is 17.9 Å². The van der Waals surface area contributed by atoms with Crippen LogP contribution in [0.2, 0.25) is 0 Å². The summed E-state index contributed by atoms with van der Waals surface area (Å²) in [6, 6.07) is 2.60. The highest BCUT2D eigenvalue weighted by Gasteiger charge is 2.19. The van der Waals surface area contributed by atoms with E-state index in [0.29, 0.717) is 5.69 Å². The van der Waals surface area contributed by atoms with Gasteiger partial charge in [-0.2, -0.15) is 5.26 Å². The van der Waals surface area contributed by atoms with Gasteiger partial charge in [-0.3, -0.25) is 4.79 Å². The van der Waals surface area contributed by atoms with E-state index in [1.165, 1.54) is 12.1 Å². The molecule has 0 fully saturated rings. The molecule has 1 aromatic heterocycles. The molecule has 0 aromatic carbocycles. The second-order valence-electron chi connectivity index (χ2n) is 3.78. The summed E-state index contributed by atoms with van der Waals surface area (Å²) < 4.78 is 5.82. The Morgan fingerprint density at radius 3 is 2.65 bits per heavy atom. The lowest BCUT2D eigenvalue weighted by atomic mass is 10.0. The predicted octanol–water partition coefficient (Wildman–Crippen LogP) is 1.48. The molecule has 0 aliphatic heterocycles. The average molecular weight is 234 g/mol. The van der Waals surface area contributed by atoms with Gasteiger partial charge in [-0.15, -0.1) is 0 Å². The quantitative estimate of drug-likeness (QED) is 0.742. The zero-order chi connectivity index (χ0) is 13.0. The smallest absolute Gasteiger partial charge is 0.339 e. The molecule has 0 aliphatic carbocycles. The fourth-order valence-corrected chi connectivity index (χ4v) is 1.61. The van der Waals surface area contributed by atoms with Crippen molar-refractivity contribution in [1.29, 1.82) is 5.26 Å². The number of hydrogen-bond acceptors (Lipinski definition) is 4. The number of esters is 1. The minimum Gasteiger partial charge on any atom is -0.462 e. The highest BCUT2D eigenvalue weighted by molar-refractivity contribution is 5.90. The summed E-state index contributed by atoms with van der Waals surface area (Å²) in [5.74, 6) is -0.636. The van der Waals surface area contributed by atoms with Crippen molar-refractivity contribution in [2.24, 2.45) is 0 Å². The summed E-state index contributed by atoms with van der Waals surface area (Å²) in [5, 5.41) is 8.95. The van der Waals surface area contributed by atoms with Crippen LogP contribution in [0.5, 0.6) is 0 Å². The number of rotatable bonds is 3. The summed E-state index contributed by atoms with van der Waals surface area (Å²) in [5.41, 5.74) is 0.214. The first-order valence-electron chi connectivity index (χ1n) is 5.36. The summed E-state index contributed by atoms with van der Waals surface area (Å²) >= 11 is 0. The highest BCUT2D eigenvalue weighted by atomic mass is 16.5. The maximum Gasteiger partial charge on any atom is 0.339 e. The molecule has 5 heteroatoms. The number of nitrogens with zero attached hydrogens (tertiary/aromatic N) is 2. The summed E-state index contributed by atoms with van der Waals surface area (Å²) in [6.45, 7) is 5.58. The molecule has 0 saturated heterocycles. The number of ether oxygens (including phenoxy) is 1. The lowest BCUT2D eigenvalue weighted by Crippen LogP contribution is -2.24. The van der Waals surface area contributed by atoms with Crippen LogP contribution < -0.4 is 5.56 Å². The van der Waals surface area contributed by atoms with Crippen LogP contribution in [-0.2, 0) is 4.74 Å². The molecule has 0 unspecified atom stereocenters. The third kappa shape index (κ3) is 2.53. The number of nitriles is 1. The second kappa shape index (κ2) is 5.30. The number of hydrogen-bond donors (Lipinski definition) is 0. The molecule has 0 bridgehead atoms. The maximum atomic E-state index is 11.7. The number of carbonyl (C=O) groups is 1. The Bertz CT molecular complexity index is 524. The van der Waals surface area contributed by atoms with E-state index in [2.05, 4.69) is 0 Å². The first-order valence-corrected chi connectivity index (χ1v) is 5.36. The average Bonchev–Trinajstić information content (AvgIpc) is 2.28. The van der Waals surface area contributed by atoms with E-state index in [9.17, 15) is 9.59 Å². The van der Waals surface area contributed by atoms with Crippen LogP contribution in [0.25, 0.3) is 0 Å². The molecule has 90 valence electrons. The third-order valence-electron chi connectivity index (χ3n) is 2.27. The Labute approximate surface area is 99.2 Å². The van der Waals surface area contributed by atoms with Crippen molar-refractivity contribution in [2.75, 3.05) is 6.61 Å². The molecule has 0 aliphatic rings. The largest absolute Gasteiger partial charge is 0.462 e. The molecule has 0 N–H and O–H groups in total. The molecule has 0 spiro atoms. The first kappa shape index (κ1) is 13.0. The SMILES string of the molecule is CCOC(=O)c1ccc(=O)n(C#N)c1C(C)C. The lowest BCUT2D eigenvalue weighted by Gasteiger charge is -2.13. The fraction of sp³-hybridized carbons (Fsp3) is 0.417. The zero-order valence-electron chi connectivity index (χ0n) is 10.1. The first-order chi connectivity index (χ1) is 8.02. The van der Waals surface area contributed by atoms with Crippen molar-refractivity contribution in [3.8, 4) is 6.19 Å². The van der Waals surface area contributed by atoms with E-state index in [0.717, 1.165) is 4.57 Å². The van der Waals surface area contributed by atoms with E-state index in [-0.39, 0.29) is 18.1 Å². The Balaban J connectivity index is 3.47. The summed E-state index contributed by atoms with van der Waals surface area (Å²) in [6.07, 6.45) is 1.78. The Kier molecular flexibility index (Phi) is 4.05. The summed E-state index contributed by atoms with van der Waals surface area (Å²) in [4.78, 5) is 23.2. The van der Waals surface area contributed by atoms with Crippen molar-refractivity contribution in [3.05, 3.63) is 33.7 Å². The van der Waals surface area contributed by atoms with E-state index in [4.69, 9.17) is 10.00 Å². The van der Waals surface area contributed by atoms with E-state index in [1.807, 2.05) is 13.8 Å². The Morgan fingerprint density at radius 2 is 2.18 bits per heavy atom. The van der Waals surface area contributed by atoms with Crippen molar-refractivity contribution in [2.45, 2.75) is 26.7 Å². The molecule has 0 radical (unpaired) electrons. The minimum absolute atomic E-state index is 0.122. The Hall–Kier alpha value is -2.09. The minimum atomic E-state index is -0.514. The van der Waals surface area contributed by atoms with E-state index < -0.39 is 11.5 Å². The van der Waals surface area contributed by atoms with Gasteiger partial charge in [0, 0.05) is 6.07 Å². The fourth-order valence-electron chi connectivity index (χ4n) is 1.61. The molecular formula is C12H14N2O3. The molecule has 1 aromatic rings. The number of aromatic nitrogens is 1. The molecule has 1 heterocycles. The van der Waals surface area contributed by atoms with Gasteiger partial charge in [0.15, 0.2) is 6.19 Å². The van der Waals surface area contributed by atoms with Gasteiger partial charge >= 0.3 is 5.97 Å². The van der Waals surface area contributed by atoms with Gasteiger partial charge in [-0.25, -0.2) is 9.36 Å². The second-order valence-corrected chi connectivity index (χ2v) is 3.78. The summed E-state index contributed by atoms with van der Waals surface area (Å²) in [7, 11) is 0. The Morgan fingerprint density at radius 1 is 1.53 bits per heavy atom. The van der Waals surface area contributed by atoms with Crippen LogP contribution in [0.1, 0.15) is 42.7 Å². The maximum absolute atomic E-state index is 11.7. The van der Waals surface area contributed by atoms with E-state index in [1.54, 1.807) is 13.1 Å². The van der Waals surface area contributed by atoms with Gasteiger partial charge in [-0.1, -0.05) is 13.8 Å². The van der Waals surface area contributed by atoms with Crippen LogP contribution in [0.4, 0.5) is 0 Å². The molecule has 5 nitrogen and oxygen atoms in total. The molecule has 0 atom stereocenters. The normalized spacial score (nSPS) is 10.1. The monoisotopic (exact) mass is 234 g/mol. The predicted molar refractivity (Wildman–Crippen MR) is 61.8 cm³/mol. The van der Waals surface area contributed by atoms with Gasteiger partial charge < -0.3 is 4.74 Å². The van der Waals surface area contributed by atoms with Crippen LogP contribution in [0.15, 0.2) is 16.9 Å². The standard InChI is InChI=1S/C12H14N2O3/c1-4-17-12(16)9-5-6-10(15)14(7-13)11(9)8(2)3/h5-6,8H,4H2,1-3H3. The van der Waals surface area contributed by atoms with Gasteiger partial charge in [0.25, 0.3) is 5.56 Å². The van der Waals surface area contributed by atoms with Crippen molar-refractivity contribution < 1.29 is 9.53 Å². The molecule has 1 rings (SSSR count). The van der Waals surface area contributed by atoms with Crippen molar-refractivity contribution in [1.82, 2.24) is 4.57 Å². The third-order valence-corrected chi connectivity index (χ3v) is 2.27. The lowest BCUT2D eigenvalue weighted by molar-refractivity contribution is 0.0523. The number of carbonyl (C=O) groups excluding carboxylic acids is 1. The van der Waals surface area contributed by atoms with Crippen molar-refractivity contribution in [3.63, 3.8) is 0 Å². The van der Waals surface area contributed by atoms with Crippen LogP contribution in [0, 0.1) is 11.5 Å². The number of pyridine rings is 1. The molecule has 0 saturated carbocycles. The van der Waals surface area contributed by atoms with Crippen LogP contribution in [0.3, 0.4) is 0 Å². The molecule has 0 amide bonds. The topological polar surface area (TPSA) is 72.1 Å². The molecule has 17 heavy (non-hydrogen) atoms. The van der Waals surface area contributed by atoms with Gasteiger partial charge in [0.1, 0.15) is 0 Å².